The van der Waals surface area contributed by atoms with Gasteiger partial charge in [-0.2, -0.15) is 0 Å². The molecule has 1 aromatic carbocycles. The Hall–Kier alpha value is -2.34. The van der Waals surface area contributed by atoms with E-state index in [0.717, 1.165) is 30.8 Å². The SMILES string of the molecule is CCn1cnc2c1CCN(C(C)C(=O)Nc1cc(C)ccc1OC)C2. The Bertz CT molecular complexity index is 769. The Morgan fingerprint density at radius 2 is 2.24 bits per heavy atom. The number of imidazole rings is 1. The first-order valence-electron chi connectivity index (χ1n) is 8.76. The second-order valence-electron chi connectivity index (χ2n) is 6.51. The maximum absolute atomic E-state index is 12.7. The Labute approximate surface area is 148 Å². The fourth-order valence-corrected chi connectivity index (χ4v) is 3.32. The molecule has 0 saturated heterocycles. The summed E-state index contributed by atoms with van der Waals surface area (Å²) in [6.45, 7) is 8.57. The molecule has 0 saturated carbocycles. The van der Waals surface area contributed by atoms with E-state index in [1.54, 1.807) is 7.11 Å². The largest absolute Gasteiger partial charge is 0.495 e. The van der Waals surface area contributed by atoms with Gasteiger partial charge < -0.3 is 14.6 Å². The van der Waals surface area contributed by atoms with Crippen LogP contribution in [0.15, 0.2) is 24.5 Å². The summed E-state index contributed by atoms with van der Waals surface area (Å²) >= 11 is 0. The molecule has 1 unspecified atom stereocenters. The highest BCUT2D eigenvalue weighted by Gasteiger charge is 2.28. The molecule has 1 aliphatic rings. The van der Waals surface area contributed by atoms with Crippen LogP contribution in [0.5, 0.6) is 5.75 Å². The lowest BCUT2D eigenvalue weighted by Gasteiger charge is -2.31. The summed E-state index contributed by atoms with van der Waals surface area (Å²) in [6.07, 6.45) is 2.82. The summed E-state index contributed by atoms with van der Waals surface area (Å²) in [7, 11) is 1.61. The lowest BCUT2D eigenvalue weighted by molar-refractivity contribution is -0.121. The lowest BCUT2D eigenvalue weighted by Crippen LogP contribution is -2.44. The Kier molecular flexibility index (Phi) is 5.08. The first kappa shape index (κ1) is 17.5. The highest BCUT2D eigenvalue weighted by molar-refractivity contribution is 5.96. The molecule has 1 aliphatic heterocycles. The molecule has 1 aromatic heterocycles. The molecule has 0 radical (unpaired) electrons. The fraction of sp³-hybridized carbons (Fsp3) is 0.474. The summed E-state index contributed by atoms with van der Waals surface area (Å²) in [4.78, 5) is 19.4. The highest BCUT2D eigenvalue weighted by atomic mass is 16.5. The summed E-state index contributed by atoms with van der Waals surface area (Å²) in [5.41, 5.74) is 4.18. The van der Waals surface area contributed by atoms with E-state index in [4.69, 9.17) is 4.74 Å². The van der Waals surface area contributed by atoms with Gasteiger partial charge in [0.15, 0.2) is 0 Å². The van der Waals surface area contributed by atoms with Crippen molar-refractivity contribution in [3.05, 3.63) is 41.5 Å². The van der Waals surface area contributed by atoms with Crippen LogP contribution in [0.1, 0.15) is 30.8 Å². The zero-order chi connectivity index (χ0) is 18.0. The van der Waals surface area contributed by atoms with Gasteiger partial charge >= 0.3 is 0 Å². The normalized spacial score (nSPS) is 15.5. The number of hydrogen-bond acceptors (Lipinski definition) is 4. The van der Waals surface area contributed by atoms with Gasteiger partial charge in [-0.15, -0.1) is 0 Å². The van der Waals surface area contributed by atoms with Crippen LogP contribution in [0.3, 0.4) is 0 Å². The fourth-order valence-electron chi connectivity index (χ4n) is 3.32. The smallest absolute Gasteiger partial charge is 0.241 e. The molecule has 134 valence electrons. The third kappa shape index (κ3) is 3.54. The molecule has 3 rings (SSSR count). The van der Waals surface area contributed by atoms with E-state index in [1.807, 2.05) is 38.4 Å². The van der Waals surface area contributed by atoms with Crippen LogP contribution in [0, 0.1) is 6.92 Å². The third-order valence-electron chi connectivity index (χ3n) is 4.90. The summed E-state index contributed by atoms with van der Waals surface area (Å²) in [5, 5.41) is 3.01. The molecule has 0 aliphatic carbocycles. The maximum Gasteiger partial charge on any atom is 0.241 e. The van der Waals surface area contributed by atoms with E-state index >= 15 is 0 Å². The number of hydrogen-bond donors (Lipinski definition) is 1. The van der Waals surface area contributed by atoms with Crippen LogP contribution in [0.25, 0.3) is 0 Å². The molecule has 25 heavy (non-hydrogen) atoms. The number of anilines is 1. The van der Waals surface area contributed by atoms with Crippen molar-refractivity contribution in [2.24, 2.45) is 0 Å². The van der Waals surface area contributed by atoms with Crippen LogP contribution in [-0.2, 0) is 24.3 Å². The molecular formula is C19H26N4O2. The predicted octanol–water partition coefficient (Wildman–Crippen LogP) is 2.61. The van der Waals surface area contributed by atoms with Crippen LogP contribution < -0.4 is 10.1 Å². The van der Waals surface area contributed by atoms with E-state index in [1.165, 1.54) is 5.69 Å². The summed E-state index contributed by atoms with van der Waals surface area (Å²) < 4.78 is 7.54. The van der Waals surface area contributed by atoms with E-state index < -0.39 is 0 Å². The molecule has 2 aromatic rings. The van der Waals surface area contributed by atoms with Crippen molar-refractivity contribution in [3.63, 3.8) is 0 Å². The van der Waals surface area contributed by atoms with E-state index in [0.29, 0.717) is 18.0 Å². The van der Waals surface area contributed by atoms with Crippen LogP contribution in [0.2, 0.25) is 0 Å². The van der Waals surface area contributed by atoms with Crippen molar-refractivity contribution in [1.82, 2.24) is 14.5 Å². The number of aryl methyl sites for hydroxylation is 2. The first-order valence-corrected chi connectivity index (χ1v) is 8.76. The number of aromatic nitrogens is 2. The van der Waals surface area contributed by atoms with Crippen molar-refractivity contribution < 1.29 is 9.53 Å². The van der Waals surface area contributed by atoms with E-state index in [-0.39, 0.29) is 11.9 Å². The van der Waals surface area contributed by atoms with Crippen LogP contribution >= 0.6 is 0 Å². The number of ether oxygens (including phenoxy) is 1. The number of fused-ring (bicyclic) bond motifs is 1. The molecule has 1 amide bonds. The number of methoxy groups -OCH3 is 1. The van der Waals surface area contributed by atoms with Gasteiger partial charge in [-0.1, -0.05) is 6.07 Å². The number of carbonyl (C=O) groups excluding carboxylic acids is 1. The zero-order valence-corrected chi connectivity index (χ0v) is 15.4. The molecule has 6 heteroatoms. The topological polar surface area (TPSA) is 59.4 Å². The van der Waals surface area contributed by atoms with Gasteiger partial charge in [-0.05, 0) is 38.5 Å². The molecule has 0 bridgehead atoms. The first-order chi connectivity index (χ1) is 12.0. The van der Waals surface area contributed by atoms with Gasteiger partial charge in [-0.25, -0.2) is 4.98 Å². The molecule has 6 nitrogen and oxygen atoms in total. The van der Waals surface area contributed by atoms with Gasteiger partial charge in [0.05, 0.1) is 30.9 Å². The molecular weight excluding hydrogens is 316 g/mol. The second kappa shape index (κ2) is 7.27. The highest BCUT2D eigenvalue weighted by Crippen LogP contribution is 2.26. The average Bonchev–Trinajstić information content (AvgIpc) is 3.03. The molecule has 0 fully saturated rings. The zero-order valence-electron chi connectivity index (χ0n) is 15.4. The van der Waals surface area contributed by atoms with Gasteiger partial charge in [0.2, 0.25) is 5.91 Å². The quantitative estimate of drug-likeness (QED) is 0.907. The number of rotatable bonds is 5. The van der Waals surface area contributed by atoms with Gasteiger partial charge in [0.25, 0.3) is 0 Å². The standard InChI is InChI=1S/C19H26N4O2/c1-5-22-12-20-16-11-23(9-8-17(16)22)14(3)19(24)21-15-10-13(2)6-7-18(15)25-4/h6-7,10,12,14H,5,8-9,11H2,1-4H3,(H,21,24). The summed E-state index contributed by atoms with van der Waals surface area (Å²) in [6, 6.07) is 5.54. The van der Waals surface area contributed by atoms with Crippen molar-refractivity contribution in [3.8, 4) is 5.75 Å². The minimum absolute atomic E-state index is 0.0257. The van der Waals surface area contributed by atoms with E-state index in [9.17, 15) is 4.79 Å². The van der Waals surface area contributed by atoms with Gasteiger partial charge in [-0.3, -0.25) is 9.69 Å². The minimum Gasteiger partial charge on any atom is -0.495 e. The monoisotopic (exact) mass is 342 g/mol. The van der Waals surface area contributed by atoms with Gasteiger partial charge in [0.1, 0.15) is 5.75 Å². The van der Waals surface area contributed by atoms with Crippen LogP contribution in [0.4, 0.5) is 5.69 Å². The third-order valence-corrected chi connectivity index (χ3v) is 4.90. The van der Waals surface area contributed by atoms with Crippen LogP contribution in [-0.4, -0.2) is 40.1 Å². The molecule has 1 N–H and O–H groups in total. The van der Waals surface area contributed by atoms with Crippen molar-refractivity contribution >= 4 is 11.6 Å². The van der Waals surface area contributed by atoms with Crippen molar-refractivity contribution in [2.45, 2.75) is 46.3 Å². The second-order valence-corrected chi connectivity index (χ2v) is 6.51. The summed E-state index contributed by atoms with van der Waals surface area (Å²) in [5.74, 6) is 0.649. The lowest BCUT2D eigenvalue weighted by atomic mass is 10.1. The average molecular weight is 342 g/mol. The maximum atomic E-state index is 12.7. The number of benzene rings is 1. The number of carbonyl (C=O) groups is 1. The minimum atomic E-state index is -0.231. The van der Waals surface area contributed by atoms with Crippen molar-refractivity contribution in [1.29, 1.82) is 0 Å². The Morgan fingerprint density at radius 1 is 1.44 bits per heavy atom. The Morgan fingerprint density at radius 3 is 2.96 bits per heavy atom. The number of nitrogens with one attached hydrogen (secondary N) is 1. The Balaban J connectivity index is 1.70. The number of nitrogens with zero attached hydrogens (tertiary/aromatic N) is 3. The number of amides is 1. The van der Waals surface area contributed by atoms with Gasteiger partial charge in [0, 0.05) is 31.7 Å². The molecule has 2 heterocycles. The van der Waals surface area contributed by atoms with E-state index in [2.05, 4.69) is 26.7 Å². The predicted molar refractivity (Wildman–Crippen MR) is 97.8 cm³/mol. The van der Waals surface area contributed by atoms with Crippen molar-refractivity contribution in [2.75, 3.05) is 19.0 Å². The molecule has 0 spiro atoms. The molecule has 1 atom stereocenters.